The summed E-state index contributed by atoms with van der Waals surface area (Å²) in [6, 6.07) is 0. The van der Waals surface area contributed by atoms with Gasteiger partial charge in [-0.25, -0.2) is 0 Å². The van der Waals surface area contributed by atoms with Gasteiger partial charge in [0.2, 0.25) is 0 Å². The molecule has 0 amide bonds. The van der Waals surface area contributed by atoms with Gasteiger partial charge in [0.1, 0.15) is 0 Å². The van der Waals surface area contributed by atoms with Crippen LogP contribution in [0.5, 0.6) is 0 Å². The SMILES string of the molecule is Cc1nn(C)c(CC2(N)CCCC(C)(C)CC2)c1Br. The maximum Gasteiger partial charge on any atom is 0.0738 e. The second-order valence-corrected chi connectivity index (χ2v) is 7.82. The Kier molecular flexibility index (Phi) is 4.12. The van der Waals surface area contributed by atoms with Crippen LogP contribution in [0.15, 0.2) is 4.47 Å². The fourth-order valence-electron chi connectivity index (χ4n) is 3.14. The number of aryl methyl sites for hydroxylation is 2. The molecule has 4 heteroatoms. The molecule has 1 heterocycles. The summed E-state index contributed by atoms with van der Waals surface area (Å²) in [5, 5.41) is 4.47. The van der Waals surface area contributed by atoms with Gasteiger partial charge in [-0.15, -0.1) is 0 Å². The molecule has 0 bridgehead atoms. The number of aromatic nitrogens is 2. The number of nitrogens with two attached hydrogens (primary N) is 1. The first-order chi connectivity index (χ1) is 8.72. The summed E-state index contributed by atoms with van der Waals surface area (Å²) in [6.07, 6.45) is 6.89. The van der Waals surface area contributed by atoms with Crippen LogP contribution in [0.2, 0.25) is 0 Å². The molecule has 2 N–H and O–H groups in total. The van der Waals surface area contributed by atoms with Crippen molar-refractivity contribution in [2.24, 2.45) is 18.2 Å². The molecule has 1 unspecified atom stereocenters. The van der Waals surface area contributed by atoms with Crippen molar-refractivity contribution in [3.8, 4) is 0 Å². The third-order valence-corrected chi connectivity index (χ3v) is 5.64. The van der Waals surface area contributed by atoms with Gasteiger partial charge >= 0.3 is 0 Å². The summed E-state index contributed by atoms with van der Waals surface area (Å²) in [7, 11) is 2.01. The molecule has 3 nitrogen and oxygen atoms in total. The molecule has 0 aromatic carbocycles. The number of hydrogen-bond donors (Lipinski definition) is 1. The van der Waals surface area contributed by atoms with Crippen LogP contribution in [-0.4, -0.2) is 15.3 Å². The van der Waals surface area contributed by atoms with Crippen molar-refractivity contribution in [3.05, 3.63) is 15.9 Å². The molecule has 1 atom stereocenters. The predicted octanol–water partition coefficient (Wildman–Crippen LogP) is 3.72. The van der Waals surface area contributed by atoms with Gasteiger partial charge in [0.05, 0.1) is 15.9 Å². The number of rotatable bonds is 2. The van der Waals surface area contributed by atoms with Crippen LogP contribution in [0.4, 0.5) is 0 Å². The average Bonchev–Trinajstić information content (AvgIpc) is 2.47. The van der Waals surface area contributed by atoms with Crippen LogP contribution >= 0.6 is 15.9 Å². The molecule has 1 aliphatic rings. The Morgan fingerprint density at radius 2 is 1.95 bits per heavy atom. The van der Waals surface area contributed by atoms with E-state index in [0.717, 1.165) is 29.4 Å². The molecule has 1 aromatic heterocycles. The van der Waals surface area contributed by atoms with Crippen molar-refractivity contribution in [1.82, 2.24) is 9.78 Å². The van der Waals surface area contributed by atoms with E-state index in [1.807, 2.05) is 18.7 Å². The summed E-state index contributed by atoms with van der Waals surface area (Å²) >= 11 is 3.66. The molecule has 0 spiro atoms. The third kappa shape index (κ3) is 3.40. The third-order valence-electron chi connectivity index (χ3n) is 4.61. The Balaban J connectivity index is 2.17. The summed E-state index contributed by atoms with van der Waals surface area (Å²) in [5.41, 5.74) is 9.36. The van der Waals surface area contributed by atoms with Crippen molar-refractivity contribution in [2.75, 3.05) is 0 Å². The molecule has 1 aliphatic carbocycles. The average molecular weight is 328 g/mol. The van der Waals surface area contributed by atoms with Gasteiger partial charge in [-0.2, -0.15) is 5.10 Å². The molecule has 1 aromatic rings. The lowest BCUT2D eigenvalue weighted by Gasteiger charge is -2.29. The van der Waals surface area contributed by atoms with Gasteiger partial charge in [-0.1, -0.05) is 20.3 Å². The standard InChI is InChI=1S/C15H26BrN3/c1-11-13(16)12(19(4)18-11)10-15(17)7-5-6-14(2,3)8-9-15/h5-10,17H2,1-4H3. The topological polar surface area (TPSA) is 43.8 Å². The second kappa shape index (κ2) is 5.21. The van der Waals surface area contributed by atoms with Crippen LogP contribution in [0.3, 0.4) is 0 Å². The number of nitrogens with zero attached hydrogens (tertiary/aromatic N) is 2. The Morgan fingerprint density at radius 1 is 1.26 bits per heavy atom. The van der Waals surface area contributed by atoms with Gasteiger partial charge in [-0.05, 0) is 54.0 Å². The van der Waals surface area contributed by atoms with E-state index in [-0.39, 0.29) is 5.54 Å². The minimum atomic E-state index is -0.0729. The van der Waals surface area contributed by atoms with E-state index < -0.39 is 0 Å². The van der Waals surface area contributed by atoms with E-state index in [1.54, 1.807) is 0 Å². The monoisotopic (exact) mass is 327 g/mol. The Hall–Kier alpha value is -0.350. The predicted molar refractivity (Wildman–Crippen MR) is 83.1 cm³/mol. The van der Waals surface area contributed by atoms with E-state index in [2.05, 4.69) is 34.9 Å². The first-order valence-electron chi connectivity index (χ1n) is 7.19. The fourth-order valence-corrected chi connectivity index (χ4v) is 3.61. The highest BCUT2D eigenvalue weighted by Gasteiger charge is 2.34. The Morgan fingerprint density at radius 3 is 2.53 bits per heavy atom. The molecule has 108 valence electrons. The maximum absolute atomic E-state index is 6.70. The van der Waals surface area contributed by atoms with Crippen LogP contribution in [0.1, 0.15) is 57.3 Å². The largest absolute Gasteiger partial charge is 0.325 e. The molecule has 0 saturated heterocycles. The van der Waals surface area contributed by atoms with Crippen LogP contribution in [-0.2, 0) is 13.5 Å². The van der Waals surface area contributed by atoms with Gasteiger partial charge in [0.25, 0.3) is 0 Å². The summed E-state index contributed by atoms with van der Waals surface area (Å²) in [6.45, 7) is 6.76. The molecule has 2 rings (SSSR count). The molecule has 1 saturated carbocycles. The van der Waals surface area contributed by atoms with E-state index in [0.29, 0.717) is 5.41 Å². The second-order valence-electron chi connectivity index (χ2n) is 7.03. The van der Waals surface area contributed by atoms with Crippen molar-refractivity contribution >= 4 is 15.9 Å². The minimum Gasteiger partial charge on any atom is -0.325 e. The highest BCUT2D eigenvalue weighted by molar-refractivity contribution is 9.10. The van der Waals surface area contributed by atoms with E-state index in [1.165, 1.54) is 25.0 Å². The van der Waals surface area contributed by atoms with Crippen molar-refractivity contribution < 1.29 is 0 Å². The normalized spacial score (nSPS) is 27.3. The number of halogens is 1. The lowest BCUT2D eigenvalue weighted by atomic mass is 9.82. The summed E-state index contributed by atoms with van der Waals surface area (Å²) in [5.74, 6) is 0. The zero-order valence-electron chi connectivity index (χ0n) is 12.6. The highest BCUT2D eigenvalue weighted by Crippen LogP contribution is 2.39. The molecule has 1 fully saturated rings. The van der Waals surface area contributed by atoms with Crippen LogP contribution in [0.25, 0.3) is 0 Å². The van der Waals surface area contributed by atoms with Crippen molar-refractivity contribution in [3.63, 3.8) is 0 Å². The van der Waals surface area contributed by atoms with E-state index >= 15 is 0 Å². The van der Waals surface area contributed by atoms with Crippen LogP contribution < -0.4 is 5.73 Å². The van der Waals surface area contributed by atoms with Crippen LogP contribution in [0, 0.1) is 12.3 Å². The highest BCUT2D eigenvalue weighted by atomic mass is 79.9. The molecule has 19 heavy (non-hydrogen) atoms. The first-order valence-corrected chi connectivity index (χ1v) is 7.99. The molecular weight excluding hydrogens is 302 g/mol. The molecular formula is C15H26BrN3. The zero-order valence-corrected chi connectivity index (χ0v) is 14.2. The first kappa shape index (κ1) is 15.0. The smallest absolute Gasteiger partial charge is 0.0738 e. The summed E-state index contributed by atoms with van der Waals surface area (Å²) in [4.78, 5) is 0. The lowest BCUT2D eigenvalue weighted by molar-refractivity contribution is 0.295. The molecule has 0 aliphatic heterocycles. The Bertz CT molecular complexity index is 464. The van der Waals surface area contributed by atoms with E-state index in [9.17, 15) is 0 Å². The zero-order chi connectivity index (χ0) is 14.3. The maximum atomic E-state index is 6.70. The van der Waals surface area contributed by atoms with Gasteiger partial charge in [-0.3, -0.25) is 4.68 Å². The molecule has 0 radical (unpaired) electrons. The Labute approximate surface area is 125 Å². The lowest BCUT2D eigenvalue weighted by Crippen LogP contribution is -2.42. The van der Waals surface area contributed by atoms with Gasteiger partial charge in [0, 0.05) is 19.0 Å². The number of hydrogen-bond acceptors (Lipinski definition) is 2. The van der Waals surface area contributed by atoms with Gasteiger partial charge < -0.3 is 5.73 Å². The van der Waals surface area contributed by atoms with Crippen molar-refractivity contribution in [1.29, 1.82) is 0 Å². The minimum absolute atomic E-state index is 0.0729. The fraction of sp³-hybridized carbons (Fsp3) is 0.800. The van der Waals surface area contributed by atoms with E-state index in [4.69, 9.17) is 5.73 Å². The quantitative estimate of drug-likeness (QED) is 0.841. The summed E-state index contributed by atoms with van der Waals surface area (Å²) < 4.78 is 3.10. The van der Waals surface area contributed by atoms with Gasteiger partial charge in [0.15, 0.2) is 0 Å². The van der Waals surface area contributed by atoms with Crippen molar-refractivity contribution in [2.45, 2.75) is 64.8 Å².